The number of nitrogens with two attached hydrogens (primary N) is 1. The maximum atomic E-state index is 5.83. The highest BCUT2D eigenvalue weighted by molar-refractivity contribution is 6.06. The van der Waals surface area contributed by atoms with Crippen molar-refractivity contribution in [2.24, 2.45) is 0 Å². The fraction of sp³-hybridized carbons (Fsp3) is 0.0769. The van der Waals surface area contributed by atoms with Crippen molar-refractivity contribution in [3.8, 4) is 5.75 Å². The Morgan fingerprint density at radius 3 is 2.59 bits per heavy atom. The highest BCUT2D eigenvalue weighted by Gasteiger charge is 2.09. The van der Waals surface area contributed by atoms with E-state index in [1.165, 1.54) is 0 Å². The van der Waals surface area contributed by atoms with E-state index in [1.807, 2.05) is 30.3 Å². The van der Waals surface area contributed by atoms with Gasteiger partial charge in [-0.25, -0.2) is 0 Å². The van der Waals surface area contributed by atoms with Gasteiger partial charge in [0.2, 0.25) is 0 Å². The molecule has 2 N–H and O–H groups in total. The largest absolute Gasteiger partial charge is 0.495 e. The number of ether oxygens (including phenoxy) is 1. The van der Waals surface area contributed by atoms with Crippen LogP contribution in [0.4, 0.5) is 5.69 Å². The molecule has 3 aromatic rings. The summed E-state index contributed by atoms with van der Waals surface area (Å²) in [6.45, 7) is 0. The predicted octanol–water partition coefficient (Wildman–Crippen LogP) is 3.60. The molecule has 0 atom stereocenters. The molecule has 17 heavy (non-hydrogen) atoms. The maximum Gasteiger partial charge on any atom is 0.142 e. The molecular formula is C13H12ClNO2. The zero-order valence-electron chi connectivity index (χ0n) is 9.27. The van der Waals surface area contributed by atoms with Crippen LogP contribution in [0.1, 0.15) is 0 Å². The van der Waals surface area contributed by atoms with Crippen molar-refractivity contribution < 1.29 is 9.15 Å². The second kappa shape index (κ2) is 4.18. The van der Waals surface area contributed by atoms with Gasteiger partial charge in [0.05, 0.1) is 12.8 Å². The summed E-state index contributed by atoms with van der Waals surface area (Å²) in [5.74, 6) is 0.680. The Hall–Kier alpha value is -1.87. The fourth-order valence-corrected chi connectivity index (χ4v) is 1.94. The van der Waals surface area contributed by atoms with E-state index in [2.05, 4.69) is 0 Å². The van der Waals surface area contributed by atoms with Crippen LogP contribution in [-0.2, 0) is 0 Å². The summed E-state index contributed by atoms with van der Waals surface area (Å²) in [7, 11) is 1.61. The van der Waals surface area contributed by atoms with Gasteiger partial charge in [-0.3, -0.25) is 0 Å². The lowest BCUT2D eigenvalue weighted by molar-refractivity contribution is 0.417. The first-order valence-corrected chi connectivity index (χ1v) is 5.04. The van der Waals surface area contributed by atoms with Crippen molar-refractivity contribution in [3.05, 3.63) is 36.4 Å². The molecule has 0 saturated heterocycles. The first-order chi connectivity index (χ1) is 7.79. The summed E-state index contributed by atoms with van der Waals surface area (Å²) in [5, 5.41) is 2.11. The van der Waals surface area contributed by atoms with Crippen LogP contribution in [0.25, 0.3) is 21.9 Å². The molecule has 1 heterocycles. The summed E-state index contributed by atoms with van der Waals surface area (Å²) in [6.07, 6.45) is 0. The van der Waals surface area contributed by atoms with E-state index in [9.17, 15) is 0 Å². The summed E-state index contributed by atoms with van der Waals surface area (Å²) in [5.41, 5.74) is 8.08. The van der Waals surface area contributed by atoms with Crippen LogP contribution < -0.4 is 10.5 Å². The van der Waals surface area contributed by atoms with Gasteiger partial charge in [-0.15, -0.1) is 12.4 Å². The van der Waals surface area contributed by atoms with Crippen molar-refractivity contribution in [2.75, 3.05) is 12.8 Å². The minimum absolute atomic E-state index is 0. The molecule has 3 nitrogen and oxygen atoms in total. The van der Waals surface area contributed by atoms with Gasteiger partial charge in [0, 0.05) is 16.8 Å². The Kier molecular flexibility index (Phi) is 2.86. The van der Waals surface area contributed by atoms with Gasteiger partial charge in [-0.05, 0) is 12.1 Å². The lowest BCUT2D eigenvalue weighted by atomic mass is 10.1. The Balaban J connectivity index is 0.00000108. The molecule has 0 aliphatic carbocycles. The van der Waals surface area contributed by atoms with E-state index in [4.69, 9.17) is 14.9 Å². The van der Waals surface area contributed by atoms with Gasteiger partial charge in [-0.1, -0.05) is 18.2 Å². The monoisotopic (exact) mass is 249 g/mol. The van der Waals surface area contributed by atoms with E-state index < -0.39 is 0 Å². The van der Waals surface area contributed by atoms with Crippen LogP contribution in [0, 0.1) is 0 Å². The van der Waals surface area contributed by atoms with Crippen LogP contribution in [0.3, 0.4) is 0 Å². The Morgan fingerprint density at radius 1 is 1.06 bits per heavy atom. The SMILES string of the molecule is COc1cc2c(cc1N)oc1ccccc12.Cl. The summed E-state index contributed by atoms with van der Waals surface area (Å²) < 4.78 is 10.9. The normalized spacial score (nSPS) is 10.4. The van der Waals surface area contributed by atoms with Crippen molar-refractivity contribution in [2.45, 2.75) is 0 Å². The topological polar surface area (TPSA) is 48.4 Å². The van der Waals surface area contributed by atoms with Crippen molar-refractivity contribution in [1.29, 1.82) is 0 Å². The van der Waals surface area contributed by atoms with Crippen molar-refractivity contribution >= 4 is 40.0 Å². The molecule has 0 saturated carbocycles. The van der Waals surface area contributed by atoms with Gasteiger partial charge in [0.25, 0.3) is 0 Å². The lowest BCUT2D eigenvalue weighted by Gasteiger charge is -2.02. The second-order valence-corrected chi connectivity index (χ2v) is 3.69. The van der Waals surface area contributed by atoms with E-state index in [0.29, 0.717) is 11.4 Å². The van der Waals surface area contributed by atoms with Crippen molar-refractivity contribution in [3.63, 3.8) is 0 Å². The molecule has 0 aliphatic heterocycles. The minimum atomic E-state index is 0. The minimum Gasteiger partial charge on any atom is -0.495 e. The smallest absolute Gasteiger partial charge is 0.142 e. The first kappa shape index (κ1) is 11.6. The summed E-state index contributed by atoms with van der Waals surface area (Å²) in [6, 6.07) is 11.6. The average Bonchev–Trinajstić information content (AvgIpc) is 2.65. The third kappa shape index (κ3) is 1.68. The number of hydrogen-bond donors (Lipinski definition) is 1. The first-order valence-electron chi connectivity index (χ1n) is 5.04. The quantitative estimate of drug-likeness (QED) is 0.671. The van der Waals surface area contributed by atoms with Gasteiger partial charge in [-0.2, -0.15) is 0 Å². The number of hydrogen-bond acceptors (Lipinski definition) is 3. The molecule has 3 rings (SSSR count). The van der Waals surface area contributed by atoms with E-state index in [-0.39, 0.29) is 12.4 Å². The van der Waals surface area contributed by atoms with Gasteiger partial charge in [0.1, 0.15) is 16.9 Å². The van der Waals surface area contributed by atoms with E-state index in [0.717, 1.165) is 21.9 Å². The molecule has 0 fully saturated rings. The number of nitrogen functional groups attached to an aromatic ring is 1. The van der Waals surface area contributed by atoms with Crippen molar-refractivity contribution in [1.82, 2.24) is 0 Å². The lowest BCUT2D eigenvalue weighted by Crippen LogP contribution is -1.91. The zero-order valence-corrected chi connectivity index (χ0v) is 10.1. The zero-order chi connectivity index (χ0) is 11.1. The number of furan rings is 1. The average molecular weight is 250 g/mol. The van der Waals surface area contributed by atoms with Crippen LogP contribution >= 0.6 is 12.4 Å². The number of halogens is 1. The molecule has 0 amide bonds. The molecule has 4 heteroatoms. The second-order valence-electron chi connectivity index (χ2n) is 3.69. The van der Waals surface area contributed by atoms with Gasteiger partial charge < -0.3 is 14.9 Å². The number of anilines is 1. The predicted molar refractivity (Wildman–Crippen MR) is 71.9 cm³/mol. The third-order valence-electron chi connectivity index (χ3n) is 2.73. The van der Waals surface area contributed by atoms with Crippen LogP contribution in [0.5, 0.6) is 5.75 Å². The highest BCUT2D eigenvalue weighted by atomic mass is 35.5. The molecule has 0 unspecified atom stereocenters. The molecule has 0 radical (unpaired) electrons. The Bertz CT molecular complexity index is 676. The summed E-state index contributed by atoms with van der Waals surface area (Å²) >= 11 is 0. The number of rotatable bonds is 1. The number of benzene rings is 2. The fourth-order valence-electron chi connectivity index (χ4n) is 1.94. The standard InChI is InChI=1S/C13H11NO2.ClH/c1-15-13-6-9-8-4-2-3-5-11(8)16-12(9)7-10(13)14;/h2-7H,14H2,1H3;1H. The molecule has 0 bridgehead atoms. The molecule has 0 aliphatic rings. The molecule has 88 valence electrons. The Morgan fingerprint density at radius 2 is 1.82 bits per heavy atom. The maximum absolute atomic E-state index is 5.83. The Labute approximate surface area is 105 Å². The molecule has 0 spiro atoms. The van der Waals surface area contributed by atoms with Crippen LogP contribution in [0.2, 0.25) is 0 Å². The molecular weight excluding hydrogens is 238 g/mol. The van der Waals surface area contributed by atoms with E-state index >= 15 is 0 Å². The third-order valence-corrected chi connectivity index (χ3v) is 2.73. The summed E-state index contributed by atoms with van der Waals surface area (Å²) in [4.78, 5) is 0. The molecule has 1 aromatic heterocycles. The highest BCUT2D eigenvalue weighted by Crippen LogP contribution is 2.34. The number of fused-ring (bicyclic) bond motifs is 3. The van der Waals surface area contributed by atoms with Gasteiger partial charge in [0.15, 0.2) is 0 Å². The number of para-hydroxylation sites is 1. The van der Waals surface area contributed by atoms with Crippen LogP contribution in [0.15, 0.2) is 40.8 Å². The van der Waals surface area contributed by atoms with E-state index in [1.54, 1.807) is 13.2 Å². The number of methoxy groups -OCH3 is 1. The van der Waals surface area contributed by atoms with Crippen LogP contribution in [-0.4, -0.2) is 7.11 Å². The van der Waals surface area contributed by atoms with Gasteiger partial charge >= 0.3 is 0 Å². The molecule has 2 aromatic carbocycles.